The number of ether oxygens (including phenoxy) is 1. The van der Waals surface area contributed by atoms with Gasteiger partial charge in [-0.25, -0.2) is 0 Å². The van der Waals surface area contributed by atoms with Crippen molar-refractivity contribution in [2.45, 2.75) is 6.18 Å². The van der Waals surface area contributed by atoms with Crippen LogP contribution in [-0.2, 0) is 4.79 Å². The molecule has 144 valence electrons. The highest BCUT2D eigenvalue weighted by Gasteiger charge is 2.32. The number of nitrogens with zero attached hydrogens (tertiary/aromatic N) is 3. The van der Waals surface area contributed by atoms with E-state index in [2.05, 4.69) is 0 Å². The third kappa shape index (κ3) is 5.62. The zero-order chi connectivity index (χ0) is 19.3. The summed E-state index contributed by atoms with van der Waals surface area (Å²) >= 11 is 0. The summed E-state index contributed by atoms with van der Waals surface area (Å²) in [6.45, 7) is 0.363. The summed E-state index contributed by atoms with van der Waals surface area (Å²) in [5, 5.41) is 0. The van der Waals surface area contributed by atoms with Crippen LogP contribution >= 0.6 is 0 Å². The van der Waals surface area contributed by atoms with Gasteiger partial charge in [0.2, 0.25) is 5.91 Å². The van der Waals surface area contributed by atoms with Gasteiger partial charge in [0.05, 0.1) is 13.7 Å². The maximum Gasteiger partial charge on any atom is 0.406 e. The molecule has 0 N–H and O–H groups in total. The Morgan fingerprint density at radius 2 is 1.69 bits per heavy atom. The number of likely N-dealkylation sites (N-methyl/N-ethyl adjacent to an activating group) is 1. The molecule has 26 heavy (non-hydrogen) atoms. The van der Waals surface area contributed by atoms with Gasteiger partial charge in [0.25, 0.3) is 5.91 Å². The molecule has 0 aromatic heterocycles. The van der Waals surface area contributed by atoms with Crippen molar-refractivity contribution in [3.05, 3.63) is 29.8 Å². The van der Waals surface area contributed by atoms with E-state index in [0.717, 1.165) is 7.05 Å². The number of amides is 2. The Labute approximate surface area is 150 Å². The lowest BCUT2D eigenvalue weighted by molar-refractivity contribution is -0.159. The second-order valence-electron chi connectivity index (χ2n) is 6.16. The fourth-order valence-electron chi connectivity index (χ4n) is 2.69. The minimum atomic E-state index is -4.41. The highest BCUT2D eigenvalue weighted by atomic mass is 19.4. The first-order valence-corrected chi connectivity index (χ1v) is 8.16. The molecule has 2 amide bonds. The summed E-state index contributed by atoms with van der Waals surface area (Å²) in [5.74, 6) is -0.0436. The molecule has 0 atom stereocenters. The lowest BCUT2D eigenvalue weighted by Crippen LogP contribution is -2.51. The Balaban J connectivity index is 1.82. The Kier molecular flexibility index (Phi) is 6.47. The molecule has 0 spiro atoms. The minimum Gasteiger partial charge on any atom is -0.497 e. The second kappa shape index (κ2) is 8.39. The number of methoxy groups -OCH3 is 1. The van der Waals surface area contributed by atoms with Crippen LogP contribution in [-0.4, -0.2) is 86.1 Å². The van der Waals surface area contributed by atoms with E-state index in [1.807, 2.05) is 0 Å². The van der Waals surface area contributed by atoms with Crippen molar-refractivity contribution in [2.24, 2.45) is 0 Å². The molecular formula is C17H22F3N3O3. The van der Waals surface area contributed by atoms with Crippen molar-refractivity contribution < 1.29 is 27.5 Å². The van der Waals surface area contributed by atoms with Crippen molar-refractivity contribution in [1.29, 1.82) is 0 Å². The fraction of sp³-hybridized carbons (Fsp3) is 0.529. The number of piperazine rings is 1. The molecule has 1 aliphatic heterocycles. The largest absolute Gasteiger partial charge is 0.497 e. The van der Waals surface area contributed by atoms with Crippen LogP contribution in [0, 0.1) is 0 Å². The van der Waals surface area contributed by atoms with Crippen molar-refractivity contribution in [2.75, 3.05) is 53.4 Å². The van der Waals surface area contributed by atoms with Crippen LogP contribution in [0.5, 0.6) is 5.75 Å². The third-order valence-electron chi connectivity index (χ3n) is 4.20. The van der Waals surface area contributed by atoms with E-state index in [-0.39, 0.29) is 12.5 Å². The Morgan fingerprint density at radius 3 is 2.19 bits per heavy atom. The van der Waals surface area contributed by atoms with E-state index < -0.39 is 18.6 Å². The third-order valence-corrected chi connectivity index (χ3v) is 4.20. The monoisotopic (exact) mass is 373 g/mol. The number of carbonyl (C=O) groups is 2. The first-order chi connectivity index (χ1) is 12.2. The number of rotatable bonds is 5. The zero-order valence-electron chi connectivity index (χ0n) is 14.8. The summed E-state index contributed by atoms with van der Waals surface area (Å²) in [6.07, 6.45) is -4.41. The molecule has 1 saturated heterocycles. The maximum atomic E-state index is 12.5. The van der Waals surface area contributed by atoms with E-state index in [0.29, 0.717) is 42.4 Å². The van der Waals surface area contributed by atoms with Crippen molar-refractivity contribution in [3.63, 3.8) is 0 Å². The highest BCUT2D eigenvalue weighted by Crippen LogP contribution is 2.16. The van der Waals surface area contributed by atoms with Crippen LogP contribution in [0.15, 0.2) is 24.3 Å². The van der Waals surface area contributed by atoms with Gasteiger partial charge in [-0.1, -0.05) is 0 Å². The normalized spacial score (nSPS) is 15.7. The zero-order valence-corrected chi connectivity index (χ0v) is 14.8. The Morgan fingerprint density at radius 1 is 1.12 bits per heavy atom. The lowest BCUT2D eigenvalue weighted by atomic mass is 10.1. The summed E-state index contributed by atoms with van der Waals surface area (Å²) in [6, 6.07) is 6.78. The summed E-state index contributed by atoms with van der Waals surface area (Å²) in [7, 11) is 2.68. The van der Waals surface area contributed by atoms with Crippen LogP contribution in [0.2, 0.25) is 0 Å². The molecule has 1 aromatic carbocycles. The van der Waals surface area contributed by atoms with Gasteiger partial charge in [0.15, 0.2) is 0 Å². The number of halogens is 3. The first-order valence-electron chi connectivity index (χ1n) is 8.16. The summed E-state index contributed by atoms with van der Waals surface area (Å²) in [4.78, 5) is 28.4. The fourth-order valence-corrected chi connectivity index (χ4v) is 2.69. The summed E-state index contributed by atoms with van der Waals surface area (Å²) < 4.78 is 42.1. The van der Waals surface area contributed by atoms with Gasteiger partial charge in [-0.15, -0.1) is 0 Å². The standard InChI is InChI=1S/C17H22F3N3O3/c1-21(12-17(18,19)20)15(24)11-22-7-9-23(10-8-22)16(25)13-3-5-14(26-2)6-4-13/h3-6H,7-12H2,1-2H3. The van der Waals surface area contributed by atoms with Crippen LogP contribution < -0.4 is 4.74 Å². The number of benzene rings is 1. The van der Waals surface area contributed by atoms with Crippen LogP contribution in [0.1, 0.15) is 10.4 Å². The average Bonchev–Trinajstić information content (AvgIpc) is 2.60. The van der Waals surface area contributed by atoms with E-state index in [1.54, 1.807) is 41.2 Å². The maximum absolute atomic E-state index is 12.5. The molecule has 0 aliphatic carbocycles. The average molecular weight is 373 g/mol. The van der Waals surface area contributed by atoms with E-state index in [1.165, 1.54) is 0 Å². The number of carbonyl (C=O) groups excluding carboxylic acids is 2. The van der Waals surface area contributed by atoms with Gasteiger partial charge in [0, 0.05) is 38.8 Å². The summed E-state index contributed by atoms with van der Waals surface area (Å²) in [5.41, 5.74) is 0.542. The van der Waals surface area contributed by atoms with Crippen molar-refractivity contribution >= 4 is 11.8 Å². The predicted octanol–water partition coefficient (Wildman–Crippen LogP) is 1.47. The van der Waals surface area contributed by atoms with Crippen LogP contribution in [0.4, 0.5) is 13.2 Å². The molecule has 6 nitrogen and oxygen atoms in total. The van der Waals surface area contributed by atoms with Crippen LogP contribution in [0.3, 0.4) is 0 Å². The quantitative estimate of drug-likeness (QED) is 0.785. The number of alkyl halides is 3. The van der Waals surface area contributed by atoms with Gasteiger partial charge >= 0.3 is 6.18 Å². The molecule has 1 aliphatic rings. The first kappa shape index (κ1) is 20.0. The molecule has 0 bridgehead atoms. The van der Waals surface area contributed by atoms with Crippen molar-refractivity contribution in [1.82, 2.24) is 14.7 Å². The molecule has 2 rings (SSSR count). The lowest BCUT2D eigenvalue weighted by Gasteiger charge is -2.35. The van der Waals surface area contributed by atoms with Gasteiger partial charge in [-0.3, -0.25) is 14.5 Å². The smallest absolute Gasteiger partial charge is 0.406 e. The molecule has 1 fully saturated rings. The predicted molar refractivity (Wildman–Crippen MR) is 89.0 cm³/mol. The minimum absolute atomic E-state index is 0.0862. The van der Waals surface area contributed by atoms with E-state index >= 15 is 0 Å². The Hall–Kier alpha value is -2.29. The number of hydrogen-bond acceptors (Lipinski definition) is 4. The number of hydrogen-bond donors (Lipinski definition) is 0. The molecular weight excluding hydrogens is 351 g/mol. The molecule has 0 unspecified atom stereocenters. The molecule has 0 saturated carbocycles. The molecule has 9 heteroatoms. The molecule has 0 radical (unpaired) electrons. The molecule has 1 aromatic rings. The highest BCUT2D eigenvalue weighted by molar-refractivity contribution is 5.94. The second-order valence-corrected chi connectivity index (χ2v) is 6.16. The van der Waals surface area contributed by atoms with Gasteiger partial charge in [-0.05, 0) is 24.3 Å². The Bertz CT molecular complexity index is 626. The molecule has 1 heterocycles. The van der Waals surface area contributed by atoms with Gasteiger partial charge in [-0.2, -0.15) is 13.2 Å². The van der Waals surface area contributed by atoms with E-state index in [4.69, 9.17) is 4.74 Å². The van der Waals surface area contributed by atoms with Crippen molar-refractivity contribution in [3.8, 4) is 5.75 Å². The van der Waals surface area contributed by atoms with Gasteiger partial charge < -0.3 is 14.5 Å². The topological polar surface area (TPSA) is 53.1 Å². The SMILES string of the molecule is COc1ccc(C(=O)N2CCN(CC(=O)N(C)CC(F)(F)F)CC2)cc1. The van der Waals surface area contributed by atoms with Crippen LogP contribution in [0.25, 0.3) is 0 Å². The van der Waals surface area contributed by atoms with E-state index in [9.17, 15) is 22.8 Å². The van der Waals surface area contributed by atoms with Gasteiger partial charge in [0.1, 0.15) is 12.3 Å².